The summed E-state index contributed by atoms with van der Waals surface area (Å²) in [6.07, 6.45) is 0. The van der Waals surface area contributed by atoms with Crippen LogP contribution in [0.1, 0.15) is 21.5 Å². The van der Waals surface area contributed by atoms with E-state index in [1.807, 2.05) is 30.3 Å². The van der Waals surface area contributed by atoms with Gasteiger partial charge in [-0.05, 0) is 36.2 Å². The van der Waals surface area contributed by atoms with Crippen LogP contribution in [0.2, 0.25) is 0 Å². The third kappa shape index (κ3) is 3.29. The molecule has 2 aromatic carbocycles. The van der Waals surface area contributed by atoms with E-state index in [2.05, 4.69) is 5.32 Å². The smallest absolute Gasteiger partial charge is 0.292 e. The van der Waals surface area contributed by atoms with E-state index in [0.717, 1.165) is 5.56 Å². The highest BCUT2D eigenvalue weighted by Crippen LogP contribution is 2.10. The van der Waals surface area contributed by atoms with Crippen LogP contribution in [0.25, 0.3) is 0 Å². The standard InChI is InChI=1S/C16H14FNO2/c1-11-9-13(7-8-14(11)17)15(19)16(20)18-10-12-5-3-2-4-6-12/h2-9H,10H2,1H3,(H,18,20). The Labute approximate surface area is 116 Å². The highest BCUT2D eigenvalue weighted by atomic mass is 19.1. The van der Waals surface area contributed by atoms with Crippen LogP contribution in [0.15, 0.2) is 48.5 Å². The molecule has 0 atom stereocenters. The predicted octanol–water partition coefficient (Wildman–Crippen LogP) is 2.63. The molecule has 0 bridgehead atoms. The molecule has 4 heteroatoms. The SMILES string of the molecule is Cc1cc(C(=O)C(=O)NCc2ccccc2)ccc1F. The summed E-state index contributed by atoms with van der Waals surface area (Å²) in [5.41, 5.74) is 1.44. The van der Waals surface area contributed by atoms with Gasteiger partial charge in [0.1, 0.15) is 5.82 Å². The highest BCUT2D eigenvalue weighted by molar-refractivity contribution is 6.42. The lowest BCUT2D eigenvalue weighted by atomic mass is 10.1. The van der Waals surface area contributed by atoms with Gasteiger partial charge in [0, 0.05) is 12.1 Å². The summed E-state index contributed by atoms with van der Waals surface area (Å²) in [7, 11) is 0. The Balaban J connectivity index is 2.02. The van der Waals surface area contributed by atoms with Crippen molar-refractivity contribution in [1.29, 1.82) is 0 Å². The minimum Gasteiger partial charge on any atom is -0.345 e. The van der Waals surface area contributed by atoms with Gasteiger partial charge in [-0.2, -0.15) is 0 Å². The highest BCUT2D eigenvalue weighted by Gasteiger charge is 2.16. The number of ketones is 1. The van der Waals surface area contributed by atoms with Gasteiger partial charge < -0.3 is 5.32 Å². The zero-order valence-corrected chi connectivity index (χ0v) is 11.0. The van der Waals surface area contributed by atoms with Crippen LogP contribution >= 0.6 is 0 Å². The first-order valence-electron chi connectivity index (χ1n) is 6.20. The Hall–Kier alpha value is -2.49. The van der Waals surface area contributed by atoms with Gasteiger partial charge in [-0.1, -0.05) is 30.3 Å². The van der Waals surface area contributed by atoms with Crippen LogP contribution in [0, 0.1) is 12.7 Å². The Morgan fingerprint density at radius 2 is 1.80 bits per heavy atom. The van der Waals surface area contributed by atoms with Gasteiger partial charge in [0.15, 0.2) is 0 Å². The second-order valence-electron chi connectivity index (χ2n) is 4.46. The molecule has 0 heterocycles. The molecule has 0 unspecified atom stereocenters. The third-order valence-electron chi connectivity index (χ3n) is 2.92. The molecule has 2 rings (SSSR count). The lowest BCUT2D eigenvalue weighted by Crippen LogP contribution is -2.30. The Kier molecular flexibility index (Phi) is 4.25. The Bertz CT molecular complexity index is 638. The maximum atomic E-state index is 13.1. The summed E-state index contributed by atoms with van der Waals surface area (Å²) in [6.45, 7) is 1.83. The summed E-state index contributed by atoms with van der Waals surface area (Å²) in [5.74, 6) is -1.75. The third-order valence-corrected chi connectivity index (χ3v) is 2.92. The molecule has 3 nitrogen and oxygen atoms in total. The van der Waals surface area contributed by atoms with Gasteiger partial charge in [0.2, 0.25) is 5.78 Å². The molecule has 0 radical (unpaired) electrons. The van der Waals surface area contributed by atoms with Crippen LogP contribution < -0.4 is 5.32 Å². The molecule has 0 aliphatic rings. The molecule has 2 aromatic rings. The summed E-state index contributed by atoms with van der Waals surface area (Å²) in [5, 5.41) is 2.55. The van der Waals surface area contributed by atoms with E-state index in [1.165, 1.54) is 18.2 Å². The number of carbonyl (C=O) groups is 2. The average molecular weight is 271 g/mol. The fourth-order valence-corrected chi connectivity index (χ4v) is 1.78. The number of hydrogen-bond donors (Lipinski definition) is 1. The van der Waals surface area contributed by atoms with Crippen LogP contribution in [0.5, 0.6) is 0 Å². The van der Waals surface area contributed by atoms with Crippen molar-refractivity contribution >= 4 is 11.7 Å². The number of benzene rings is 2. The fourth-order valence-electron chi connectivity index (χ4n) is 1.78. The molecule has 0 saturated carbocycles. The molecular formula is C16H14FNO2. The summed E-state index contributed by atoms with van der Waals surface area (Å²) >= 11 is 0. The first-order valence-corrected chi connectivity index (χ1v) is 6.20. The number of halogens is 1. The molecule has 102 valence electrons. The van der Waals surface area contributed by atoms with E-state index in [1.54, 1.807) is 6.92 Å². The lowest BCUT2D eigenvalue weighted by Gasteiger charge is -2.05. The summed E-state index contributed by atoms with van der Waals surface area (Å²) in [6, 6.07) is 13.2. The van der Waals surface area contributed by atoms with Gasteiger partial charge in [-0.3, -0.25) is 9.59 Å². The van der Waals surface area contributed by atoms with Crippen LogP contribution in [-0.2, 0) is 11.3 Å². The number of nitrogens with one attached hydrogen (secondary N) is 1. The molecule has 1 N–H and O–H groups in total. The van der Waals surface area contributed by atoms with Crippen molar-refractivity contribution in [3.8, 4) is 0 Å². The summed E-state index contributed by atoms with van der Waals surface area (Å²) in [4.78, 5) is 23.7. The lowest BCUT2D eigenvalue weighted by molar-refractivity contribution is -0.117. The van der Waals surface area contributed by atoms with Crippen molar-refractivity contribution < 1.29 is 14.0 Å². The second kappa shape index (κ2) is 6.10. The Morgan fingerprint density at radius 1 is 1.10 bits per heavy atom. The van der Waals surface area contributed by atoms with E-state index in [0.29, 0.717) is 5.56 Å². The maximum Gasteiger partial charge on any atom is 0.292 e. The topological polar surface area (TPSA) is 46.2 Å². The predicted molar refractivity (Wildman–Crippen MR) is 73.8 cm³/mol. The molecule has 0 aliphatic heterocycles. The van der Waals surface area contributed by atoms with Crippen LogP contribution in [0.3, 0.4) is 0 Å². The zero-order valence-electron chi connectivity index (χ0n) is 11.0. The number of amides is 1. The van der Waals surface area contributed by atoms with Crippen molar-refractivity contribution in [1.82, 2.24) is 5.32 Å². The average Bonchev–Trinajstić information content (AvgIpc) is 2.48. The quantitative estimate of drug-likeness (QED) is 0.686. The minimum absolute atomic E-state index is 0.189. The molecular weight excluding hydrogens is 257 g/mol. The molecule has 0 saturated heterocycles. The molecule has 0 spiro atoms. The largest absolute Gasteiger partial charge is 0.345 e. The number of rotatable bonds is 4. The van der Waals surface area contributed by atoms with Crippen molar-refractivity contribution in [3.05, 3.63) is 71.0 Å². The van der Waals surface area contributed by atoms with Gasteiger partial charge >= 0.3 is 0 Å². The first kappa shape index (κ1) is 13.9. The second-order valence-corrected chi connectivity index (χ2v) is 4.46. The molecule has 0 aliphatic carbocycles. The van der Waals surface area contributed by atoms with E-state index >= 15 is 0 Å². The van der Waals surface area contributed by atoms with Gasteiger partial charge in [0.25, 0.3) is 5.91 Å². The monoisotopic (exact) mass is 271 g/mol. The van der Waals surface area contributed by atoms with E-state index in [4.69, 9.17) is 0 Å². The molecule has 0 aromatic heterocycles. The van der Waals surface area contributed by atoms with Crippen molar-refractivity contribution in [2.24, 2.45) is 0 Å². The number of hydrogen-bond acceptors (Lipinski definition) is 2. The Morgan fingerprint density at radius 3 is 2.45 bits per heavy atom. The normalized spacial score (nSPS) is 10.1. The van der Waals surface area contributed by atoms with Crippen molar-refractivity contribution in [3.63, 3.8) is 0 Å². The minimum atomic E-state index is -0.695. The maximum absolute atomic E-state index is 13.1. The van der Waals surface area contributed by atoms with E-state index < -0.39 is 17.5 Å². The van der Waals surface area contributed by atoms with Crippen molar-refractivity contribution in [2.75, 3.05) is 0 Å². The van der Waals surface area contributed by atoms with Crippen molar-refractivity contribution in [2.45, 2.75) is 13.5 Å². The number of aryl methyl sites for hydroxylation is 1. The molecule has 1 amide bonds. The molecule has 20 heavy (non-hydrogen) atoms. The first-order chi connectivity index (χ1) is 9.58. The molecule has 0 fully saturated rings. The number of carbonyl (C=O) groups excluding carboxylic acids is 2. The fraction of sp³-hybridized carbons (Fsp3) is 0.125. The van der Waals surface area contributed by atoms with Crippen LogP contribution in [0.4, 0.5) is 4.39 Å². The van der Waals surface area contributed by atoms with E-state index in [-0.39, 0.29) is 12.1 Å². The number of Topliss-reactive ketones (excluding diaryl/α,β-unsaturated/α-hetero) is 1. The zero-order chi connectivity index (χ0) is 14.5. The van der Waals surface area contributed by atoms with E-state index in [9.17, 15) is 14.0 Å². The van der Waals surface area contributed by atoms with Gasteiger partial charge in [0.05, 0.1) is 0 Å². The van der Waals surface area contributed by atoms with Crippen LogP contribution in [-0.4, -0.2) is 11.7 Å². The summed E-state index contributed by atoms with van der Waals surface area (Å²) < 4.78 is 13.1. The van der Waals surface area contributed by atoms with Gasteiger partial charge in [-0.15, -0.1) is 0 Å². The van der Waals surface area contributed by atoms with Gasteiger partial charge in [-0.25, -0.2) is 4.39 Å².